The van der Waals surface area contributed by atoms with E-state index in [0.29, 0.717) is 42.2 Å². The van der Waals surface area contributed by atoms with E-state index in [2.05, 4.69) is 39.1 Å². The standard InChI is InChI=1S/C20H28N6O3/c1-5-16(27)26-8-6-20(3,7-9-26)25-15-11-22-18-17(24-15)14(10-21-18)19(28)23-13(2)12-29-4/h5,10-11,13H,1,6-9,12H2,2-4H3,(H,21,22)(H,23,28)(H,24,25). The number of H-pyrrole nitrogens is 1. The van der Waals surface area contributed by atoms with Crippen LogP contribution >= 0.6 is 0 Å². The van der Waals surface area contributed by atoms with Crippen LogP contribution in [-0.4, -0.2) is 70.1 Å². The van der Waals surface area contributed by atoms with Crippen molar-refractivity contribution in [2.75, 3.05) is 32.1 Å². The number of amides is 2. The molecule has 0 aliphatic carbocycles. The first-order valence-electron chi connectivity index (χ1n) is 9.68. The number of rotatable bonds is 7. The number of nitrogens with zero attached hydrogens (tertiary/aromatic N) is 3. The Bertz CT molecular complexity index is 901. The molecule has 9 nitrogen and oxygen atoms in total. The third-order valence-corrected chi connectivity index (χ3v) is 5.20. The summed E-state index contributed by atoms with van der Waals surface area (Å²) in [6, 6.07) is -0.117. The van der Waals surface area contributed by atoms with Crippen molar-refractivity contribution in [3.63, 3.8) is 0 Å². The van der Waals surface area contributed by atoms with Crippen LogP contribution in [0.5, 0.6) is 0 Å². The lowest BCUT2D eigenvalue weighted by Crippen LogP contribution is -2.48. The molecule has 2 aromatic rings. The van der Waals surface area contributed by atoms with E-state index in [9.17, 15) is 9.59 Å². The first-order valence-corrected chi connectivity index (χ1v) is 9.68. The molecule has 0 spiro atoms. The minimum Gasteiger partial charge on any atom is -0.383 e. The monoisotopic (exact) mass is 400 g/mol. The van der Waals surface area contributed by atoms with E-state index in [1.165, 1.54) is 6.08 Å². The van der Waals surface area contributed by atoms with Gasteiger partial charge in [0, 0.05) is 38.0 Å². The summed E-state index contributed by atoms with van der Waals surface area (Å²) in [5.41, 5.74) is 1.29. The second-order valence-corrected chi connectivity index (χ2v) is 7.70. The maximum absolute atomic E-state index is 12.6. The van der Waals surface area contributed by atoms with Gasteiger partial charge in [0.25, 0.3) is 5.91 Å². The van der Waals surface area contributed by atoms with Gasteiger partial charge in [-0.3, -0.25) is 9.59 Å². The Morgan fingerprint density at radius 3 is 2.83 bits per heavy atom. The minimum absolute atomic E-state index is 0.0426. The molecule has 3 heterocycles. The van der Waals surface area contributed by atoms with Gasteiger partial charge in [-0.05, 0) is 32.8 Å². The fourth-order valence-corrected chi connectivity index (χ4v) is 3.50. The van der Waals surface area contributed by atoms with Gasteiger partial charge in [-0.15, -0.1) is 0 Å². The number of likely N-dealkylation sites (tertiary alicyclic amines) is 1. The van der Waals surface area contributed by atoms with Gasteiger partial charge in [0.2, 0.25) is 5.91 Å². The first-order chi connectivity index (χ1) is 13.8. The Labute approximate surface area is 169 Å². The molecular formula is C20H28N6O3. The average Bonchev–Trinajstić information content (AvgIpc) is 3.11. The fraction of sp³-hybridized carbons (Fsp3) is 0.500. The Balaban J connectivity index is 1.73. The van der Waals surface area contributed by atoms with Gasteiger partial charge < -0.3 is 25.3 Å². The number of piperidine rings is 1. The Hall–Kier alpha value is -2.94. The molecule has 29 heavy (non-hydrogen) atoms. The predicted molar refractivity (Wildman–Crippen MR) is 111 cm³/mol. The van der Waals surface area contributed by atoms with Crippen LogP contribution in [0, 0.1) is 0 Å². The van der Waals surface area contributed by atoms with Crippen molar-refractivity contribution in [2.24, 2.45) is 0 Å². The Kier molecular flexibility index (Phi) is 6.17. The quantitative estimate of drug-likeness (QED) is 0.610. The summed E-state index contributed by atoms with van der Waals surface area (Å²) in [7, 11) is 1.59. The molecule has 3 rings (SSSR count). The molecule has 0 saturated carbocycles. The zero-order valence-electron chi connectivity index (χ0n) is 17.1. The smallest absolute Gasteiger partial charge is 0.255 e. The molecule has 156 valence electrons. The highest BCUT2D eigenvalue weighted by molar-refractivity contribution is 6.04. The number of methoxy groups -OCH3 is 1. The number of carbonyl (C=O) groups excluding carboxylic acids is 2. The van der Waals surface area contributed by atoms with Gasteiger partial charge in [-0.1, -0.05) is 6.58 Å². The van der Waals surface area contributed by atoms with Crippen LogP contribution in [0.25, 0.3) is 11.2 Å². The molecule has 1 unspecified atom stereocenters. The van der Waals surface area contributed by atoms with Gasteiger partial charge in [-0.25, -0.2) is 9.97 Å². The molecule has 1 saturated heterocycles. The van der Waals surface area contributed by atoms with Crippen LogP contribution < -0.4 is 10.6 Å². The van der Waals surface area contributed by atoms with Gasteiger partial charge in [0.15, 0.2) is 5.65 Å². The number of nitrogens with one attached hydrogen (secondary N) is 3. The molecule has 9 heteroatoms. The van der Waals surface area contributed by atoms with E-state index in [1.54, 1.807) is 24.4 Å². The highest BCUT2D eigenvalue weighted by Gasteiger charge is 2.31. The fourth-order valence-electron chi connectivity index (χ4n) is 3.50. The number of carbonyl (C=O) groups is 2. The molecular weight excluding hydrogens is 372 g/mol. The van der Waals surface area contributed by atoms with Gasteiger partial charge in [-0.2, -0.15) is 0 Å². The molecule has 1 aliphatic rings. The summed E-state index contributed by atoms with van der Waals surface area (Å²) >= 11 is 0. The van der Waals surface area contributed by atoms with Crippen LogP contribution in [0.15, 0.2) is 25.0 Å². The highest BCUT2D eigenvalue weighted by Crippen LogP contribution is 2.27. The predicted octanol–water partition coefficient (Wildman–Crippen LogP) is 1.70. The molecule has 2 aromatic heterocycles. The third kappa shape index (κ3) is 4.73. The summed E-state index contributed by atoms with van der Waals surface area (Å²) in [5.74, 6) is 0.329. The van der Waals surface area contributed by atoms with Gasteiger partial charge in [0.05, 0.1) is 18.4 Å². The highest BCUT2D eigenvalue weighted by atomic mass is 16.5. The summed E-state index contributed by atoms with van der Waals surface area (Å²) in [4.78, 5) is 38.2. The summed E-state index contributed by atoms with van der Waals surface area (Å²) < 4.78 is 5.06. The minimum atomic E-state index is -0.227. The molecule has 0 aromatic carbocycles. The van der Waals surface area contributed by atoms with Crippen LogP contribution in [-0.2, 0) is 9.53 Å². The van der Waals surface area contributed by atoms with Crippen LogP contribution in [0.4, 0.5) is 5.82 Å². The molecule has 2 amide bonds. The van der Waals surface area contributed by atoms with Crippen molar-refractivity contribution in [1.29, 1.82) is 0 Å². The number of fused-ring (bicyclic) bond motifs is 1. The van der Waals surface area contributed by atoms with Gasteiger partial charge in [0.1, 0.15) is 11.3 Å². The molecule has 1 fully saturated rings. The molecule has 0 bridgehead atoms. The Morgan fingerprint density at radius 2 is 2.17 bits per heavy atom. The molecule has 1 atom stereocenters. The van der Waals surface area contributed by atoms with Crippen molar-refractivity contribution in [3.05, 3.63) is 30.6 Å². The summed E-state index contributed by atoms with van der Waals surface area (Å²) in [6.45, 7) is 9.25. The maximum atomic E-state index is 12.6. The van der Waals surface area contributed by atoms with Crippen molar-refractivity contribution in [3.8, 4) is 0 Å². The van der Waals surface area contributed by atoms with Crippen LogP contribution in [0.1, 0.15) is 37.0 Å². The van der Waals surface area contributed by atoms with Crippen LogP contribution in [0.2, 0.25) is 0 Å². The zero-order valence-corrected chi connectivity index (χ0v) is 17.1. The van der Waals surface area contributed by atoms with Crippen molar-refractivity contribution in [1.82, 2.24) is 25.2 Å². The number of hydrogen-bond donors (Lipinski definition) is 3. The average molecular weight is 400 g/mol. The number of aromatic amines is 1. The van der Waals surface area contributed by atoms with Gasteiger partial charge >= 0.3 is 0 Å². The van der Waals surface area contributed by atoms with E-state index < -0.39 is 0 Å². The van der Waals surface area contributed by atoms with Crippen molar-refractivity contribution in [2.45, 2.75) is 38.3 Å². The lowest BCUT2D eigenvalue weighted by molar-refractivity contribution is -0.127. The second-order valence-electron chi connectivity index (χ2n) is 7.70. The van der Waals surface area contributed by atoms with E-state index in [0.717, 1.165) is 12.8 Å². The number of ether oxygens (including phenoxy) is 1. The Morgan fingerprint density at radius 1 is 1.45 bits per heavy atom. The number of anilines is 1. The topological polar surface area (TPSA) is 112 Å². The van der Waals surface area contributed by atoms with Crippen molar-refractivity contribution >= 4 is 28.8 Å². The summed E-state index contributed by atoms with van der Waals surface area (Å²) in [5, 5.41) is 6.33. The molecule has 1 aliphatic heterocycles. The van der Waals surface area contributed by atoms with E-state index in [4.69, 9.17) is 4.74 Å². The third-order valence-electron chi connectivity index (χ3n) is 5.20. The van der Waals surface area contributed by atoms with E-state index in [1.807, 2.05) is 6.92 Å². The number of hydrogen-bond acceptors (Lipinski definition) is 6. The largest absolute Gasteiger partial charge is 0.383 e. The van der Waals surface area contributed by atoms with E-state index in [-0.39, 0.29) is 23.4 Å². The first kappa shape index (κ1) is 20.8. The maximum Gasteiger partial charge on any atom is 0.255 e. The second kappa shape index (κ2) is 8.60. The van der Waals surface area contributed by atoms with Crippen LogP contribution in [0.3, 0.4) is 0 Å². The molecule has 3 N–H and O–H groups in total. The molecule has 0 radical (unpaired) electrons. The number of aromatic nitrogens is 3. The van der Waals surface area contributed by atoms with Crippen molar-refractivity contribution < 1.29 is 14.3 Å². The zero-order chi connectivity index (χ0) is 21.0. The van der Waals surface area contributed by atoms with E-state index >= 15 is 0 Å². The lowest BCUT2D eigenvalue weighted by atomic mass is 9.89. The summed E-state index contributed by atoms with van der Waals surface area (Å²) in [6.07, 6.45) is 6.18. The normalized spacial score (nSPS) is 17.0. The SMILES string of the molecule is C=CC(=O)N1CCC(C)(Nc2cnc3[nH]cc(C(=O)NC(C)COC)c3n2)CC1. The lowest BCUT2D eigenvalue weighted by Gasteiger charge is -2.39.